The fourth-order valence-electron chi connectivity index (χ4n) is 3.48. The second kappa shape index (κ2) is 7.66. The molecule has 3 aromatic rings. The molecule has 0 unspecified atom stereocenters. The molecule has 0 spiro atoms. The lowest BCUT2D eigenvalue weighted by molar-refractivity contribution is 0.0950. The van der Waals surface area contributed by atoms with Gasteiger partial charge in [0.25, 0.3) is 5.91 Å². The van der Waals surface area contributed by atoms with Crippen molar-refractivity contribution in [3.8, 4) is 0 Å². The summed E-state index contributed by atoms with van der Waals surface area (Å²) in [6, 6.07) is 17.2. The number of fused-ring (bicyclic) bond motifs is 1. The molecule has 138 valence electrons. The number of rotatable bonds is 5. The predicted octanol–water partition coefficient (Wildman–Crippen LogP) is 3.37. The Morgan fingerprint density at radius 3 is 2.56 bits per heavy atom. The summed E-state index contributed by atoms with van der Waals surface area (Å²) in [5.74, 6) is -0.400. The van der Waals surface area contributed by atoms with E-state index in [1.807, 2.05) is 12.1 Å². The minimum Gasteiger partial charge on any atom is -0.422 e. The minimum atomic E-state index is -0.610. The number of para-hydroxylation sites is 1. The zero-order valence-electron chi connectivity index (χ0n) is 15.1. The molecule has 0 saturated carbocycles. The number of hydrogen-bond donors (Lipinski definition) is 1. The molecule has 2 heterocycles. The van der Waals surface area contributed by atoms with Gasteiger partial charge >= 0.3 is 5.63 Å². The van der Waals surface area contributed by atoms with Gasteiger partial charge in [-0.3, -0.25) is 4.79 Å². The number of anilines is 1. The fraction of sp³-hybridized carbons (Fsp3) is 0.273. The number of amides is 1. The molecule has 1 aliphatic heterocycles. The SMILES string of the molecule is O=C(NCCc1ccc(N2CCCC2)cc1)c1cc2ccccc2oc1=O. The normalized spacial score (nSPS) is 13.9. The Hall–Kier alpha value is -3.08. The Morgan fingerprint density at radius 1 is 1.04 bits per heavy atom. The van der Waals surface area contributed by atoms with Gasteiger partial charge in [0.05, 0.1) is 0 Å². The van der Waals surface area contributed by atoms with E-state index < -0.39 is 11.5 Å². The van der Waals surface area contributed by atoms with Crippen LogP contribution in [0.4, 0.5) is 5.69 Å². The van der Waals surface area contributed by atoms with E-state index in [2.05, 4.69) is 34.5 Å². The summed E-state index contributed by atoms with van der Waals surface area (Å²) in [6.45, 7) is 2.72. The zero-order valence-corrected chi connectivity index (χ0v) is 15.1. The molecule has 5 nitrogen and oxygen atoms in total. The maximum absolute atomic E-state index is 12.3. The van der Waals surface area contributed by atoms with Crippen LogP contribution in [0, 0.1) is 0 Å². The van der Waals surface area contributed by atoms with Gasteiger partial charge in [-0.25, -0.2) is 4.79 Å². The second-order valence-electron chi connectivity index (χ2n) is 6.85. The summed E-state index contributed by atoms with van der Waals surface area (Å²) in [7, 11) is 0. The van der Waals surface area contributed by atoms with E-state index in [1.54, 1.807) is 18.2 Å². The third kappa shape index (κ3) is 3.87. The van der Waals surface area contributed by atoms with Gasteiger partial charge in [-0.05, 0) is 49.1 Å². The van der Waals surface area contributed by atoms with E-state index in [4.69, 9.17) is 4.42 Å². The van der Waals surface area contributed by atoms with E-state index in [0.717, 1.165) is 24.0 Å². The highest BCUT2D eigenvalue weighted by Gasteiger charge is 2.14. The van der Waals surface area contributed by atoms with Crippen molar-refractivity contribution in [2.24, 2.45) is 0 Å². The number of carbonyl (C=O) groups is 1. The van der Waals surface area contributed by atoms with Gasteiger partial charge in [0, 0.05) is 30.7 Å². The Morgan fingerprint density at radius 2 is 1.78 bits per heavy atom. The predicted molar refractivity (Wildman–Crippen MR) is 106 cm³/mol. The number of benzene rings is 2. The van der Waals surface area contributed by atoms with Crippen molar-refractivity contribution in [3.05, 3.63) is 76.1 Å². The number of carbonyl (C=O) groups excluding carboxylic acids is 1. The summed E-state index contributed by atoms with van der Waals surface area (Å²) in [6.07, 6.45) is 3.23. The first-order valence-electron chi connectivity index (χ1n) is 9.36. The van der Waals surface area contributed by atoms with Gasteiger partial charge in [-0.1, -0.05) is 30.3 Å². The molecule has 27 heavy (non-hydrogen) atoms. The lowest BCUT2D eigenvalue weighted by Gasteiger charge is -2.17. The Kier molecular flexibility index (Phi) is 4.92. The molecular weight excluding hydrogens is 340 g/mol. The molecule has 0 radical (unpaired) electrons. The average Bonchev–Trinajstić information content (AvgIpc) is 3.22. The third-order valence-corrected chi connectivity index (χ3v) is 4.99. The van der Waals surface area contributed by atoms with Crippen LogP contribution in [0.3, 0.4) is 0 Å². The van der Waals surface area contributed by atoms with Crippen molar-refractivity contribution >= 4 is 22.6 Å². The highest BCUT2D eigenvalue weighted by atomic mass is 16.4. The van der Waals surface area contributed by atoms with Crippen molar-refractivity contribution < 1.29 is 9.21 Å². The second-order valence-corrected chi connectivity index (χ2v) is 6.85. The lowest BCUT2D eigenvalue weighted by Crippen LogP contribution is -2.29. The Balaban J connectivity index is 1.37. The van der Waals surface area contributed by atoms with Crippen LogP contribution in [0.5, 0.6) is 0 Å². The van der Waals surface area contributed by atoms with Crippen molar-refractivity contribution in [1.82, 2.24) is 5.32 Å². The summed E-state index contributed by atoms with van der Waals surface area (Å²) in [5, 5.41) is 3.55. The minimum absolute atomic E-state index is 0.0399. The van der Waals surface area contributed by atoms with E-state index in [9.17, 15) is 9.59 Å². The van der Waals surface area contributed by atoms with Crippen LogP contribution in [-0.2, 0) is 6.42 Å². The highest BCUT2D eigenvalue weighted by molar-refractivity contribution is 5.96. The van der Waals surface area contributed by atoms with E-state index >= 15 is 0 Å². The fourth-order valence-corrected chi connectivity index (χ4v) is 3.48. The van der Waals surface area contributed by atoms with Crippen LogP contribution < -0.4 is 15.8 Å². The Labute approximate surface area is 157 Å². The van der Waals surface area contributed by atoms with Crippen LogP contribution in [0.15, 0.2) is 63.8 Å². The first-order chi connectivity index (χ1) is 13.2. The largest absolute Gasteiger partial charge is 0.422 e. The highest BCUT2D eigenvalue weighted by Crippen LogP contribution is 2.20. The molecule has 1 aliphatic rings. The zero-order chi connectivity index (χ0) is 18.6. The van der Waals surface area contributed by atoms with Crippen LogP contribution in [0.25, 0.3) is 11.0 Å². The molecule has 1 aromatic heterocycles. The van der Waals surface area contributed by atoms with Gasteiger partial charge in [0.2, 0.25) is 0 Å². The molecule has 1 N–H and O–H groups in total. The van der Waals surface area contributed by atoms with Crippen molar-refractivity contribution in [3.63, 3.8) is 0 Å². The van der Waals surface area contributed by atoms with Gasteiger partial charge in [-0.2, -0.15) is 0 Å². The summed E-state index contributed by atoms with van der Waals surface area (Å²) < 4.78 is 5.22. The van der Waals surface area contributed by atoms with E-state index in [1.165, 1.54) is 18.5 Å². The third-order valence-electron chi connectivity index (χ3n) is 4.99. The quantitative estimate of drug-likeness (QED) is 0.707. The Bertz CT molecular complexity index is 1000. The van der Waals surface area contributed by atoms with E-state index in [0.29, 0.717) is 18.5 Å². The number of nitrogens with zero attached hydrogens (tertiary/aromatic N) is 1. The molecule has 1 saturated heterocycles. The molecule has 5 heteroatoms. The number of nitrogens with one attached hydrogen (secondary N) is 1. The van der Waals surface area contributed by atoms with Gasteiger partial charge in [0.15, 0.2) is 0 Å². The molecule has 4 rings (SSSR count). The van der Waals surface area contributed by atoms with Crippen molar-refractivity contribution in [2.45, 2.75) is 19.3 Å². The lowest BCUT2D eigenvalue weighted by atomic mass is 10.1. The molecule has 1 fully saturated rings. The van der Waals surface area contributed by atoms with Crippen molar-refractivity contribution in [2.75, 3.05) is 24.5 Å². The monoisotopic (exact) mass is 362 g/mol. The maximum Gasteiger partial charge on any atom is 0.349 e. The van der Waals surface area contributed by atoms with E-state index in [-0.39, 0.29) is 5.56 Å². The summed E-state index contributed by atoms with van der Waals surface area (Å²) >= 11 is 0. The first kappa shape index (κ1) is 17.3. The van der Waals surface area contributed by atoms with Gasteiger partial charge in [0.1, 0.15) is 11.1 Å². The molecule has 0 atom stereocenters. The molecule has 1 amide bonds. The van der Waals surface area contributed by atoms with Gasteiger partial charge < -0.3 is 14.6 Å². The van der Waals surface area contributed by atoms with Crippen LogP contribution >= 0.6 is 0 Å². The standard InChI is InChI=1S/C22H22N2O3/c25-21(19-15-17-5-1-2-6-20(17)27-22(19)26)23-12-11-16-7-9-18(10-8-16)24-13-3-4-14-24/h1-2,5-10,15H,3-4,11-14H2,(H,23,25). The van der Waals surface area contributed by atoms with Gasteiger partial charge in [-0.15, -0.1) is 0 Å². The molecule has 2 aromatic carbocycles. The summed E-state index contributed by atoms with van der Waals surface area (Å²) in [4.78, 5) is 26.8. The first-order valence-corrected chi connectivity index (χ1v) is 9.36. The molecular formula is C22H22N2O3. The smallest absolute Gasteiger partial charge is 0.349 e. The summed E-state index contributed by atoms with van der Waals surface area (Å²) in [5.41, 5.74) is 2.33. The van der Waals surface area contributed by atoms with Crippen LogP contribution in [0.1, 0.15) is 28.8 Å². The average molecular weight is 362 g/mol. The number of hydrogen-bond acceptors (Lipinski definition) is 4. The maximum atomic E-state index is 12.3. The van der Waals surface area contributed by atoms with Crippen LogP contribution in [0.2, 0.25) is 0 Å². The van der Waals surface area contributed by atoms with Crippen LogP contribution in [-0.4, -0.2) is 25.5 Å². The molecule has 0 aliphatic carbocycles. The topological polar surface area (TPSA) is 62.6 Å². The van der Waals surface area contributed by atoms with Crippen molar-refractivity contribution in [1.29, 1.82) is 0 Å². The molecule has 0 bridgehead atoms.